The highest BCUT2D eigenvalue weighted by molar-refractivity contribution is 6.27. The van der Waals surface area contributed by atoms with Gasteiger partial charge in [0.15, 0.2) is 0 Å². The number of carboxylic acid groups (broad SMARTS) is 1. The molecule has 1 aromatic carbocycles. The quantitative estimate of drug-likeness (QED) is 0.587. The van der Waals surface area contributed by atoms with E-state index in [9.17, 15) is 9.59 Å². The lowest BCUT2D eigenvalue weighted by Gasteiger charge is -2.19. The van der Waals surface area contributed by atoms with Gasteiger partial charge < -0.3 is 10.0 Å². The second kappa shape index (κ2) is 8.53. The number of benzene rings is 1. The molecule has 0 heterocycles. The molecule has 19 heavy (non-hydrogen) atoms. The first-order valence-corrected chi connectivity index (χ1v) is 6.76. The Morgan fingerprint density at radius 3 is 2.42 bits per heavy atom. The molecule has 1 aromatic rings. The molecule has 0 fully saturated rings. The first-order chi connectivity index (χ1) is 9.13. The summed E-state index contributed by atoms with van der Waals surface area (Å²) in [7, 11) is 0. The van der Waals surface area contributed by atoms with E-state index >= 15 is 0 Å². The van der Waals surface area contributed by atoms with Crippen molar-refractivity contribution in [2.45, 2.75) is 19.3 Å². The number of carbonyl (C=O) groups excluding carboxylic acids is 1. The van der Waals surface area contributed by atoms with Gasteiger partial charge in [-0.1, -0.05) is 30.3 Å². The molecule has 0 aromatic heterocycles. The van der Waals surface area contributed by atoms with Gasteiger partial charge in [0.05, 0.1) is 0 Å². The smallest absolute Gasteiger partial charge is 0.323 e. The fourth-order valence-corrected chi connectivity index (χ4v) is 1.99. The Morgan fingerprint density at radius 2 is 1.84 bits per heavy atom. The maximum absolute atomic E-state index is 11.4. The van der Waals surface area contributed by atoms with Crippen molar-refractivity contribution in [3.8, 4) is 0 Å². The Kier molecular flexibility index (Phi) is 6.97. The Bertz CT molecular complexity index is 408. The number of halogens is 1. The van der Waals surface area contributed by atoms with Gasteiger partial charge >= 0.3 is 5.97 Å². The van der Waals surface area contributed by atoms with E-state index in [1.165, 1.54) is 10.5 Å². The molecule has 5 heteroatoms. The van der Waals surface area contributed by atoms with Crippen LogP contribution in [0.4, 0.5) is 0 Å². The fraction of sp³-hybridized carbons (Fsp3) is 0.429. The summed E-state index contributed by atoms with van der Waals surface area (Å²) in [4.78, 5) is 23.4. The van der Waals surface area contributed by atoms with Gasteiger partial charge in [0.2, 0.25) is 5.91 Å². The zero-order valence-corrected chi connectivity index (χ0v) is 11.5. The molecular formula is C14H18ClNO3. The SMILES string of the molecule is O=C(O)CN(CCCCc1ccccc1)C(=O)CCl. The molecule has 0 saturated heterocycles. The number of hydrogen-bond donors (Lipinski definition) is 1. The van der Waals surface area contributed by atoms with Crippen molar-refractivity contribution >= 4 is 23.5 Å². The van der Waals surface area contributed by atoms with Crippen LogP contribution in [-0.2, 0) is 16.0 Å². The van der Waals surface area contributed by atoms with Crippen LogP contribution in [-0.4, -0.2) is 40.9 Å². The molecule has 0 saturated carbocycles. The van der Waals surface area contributed by atoms with Crippen molar-refractivity contribution in [1.29, 1.82) is 0 Å². The second-order valence-electron chi connectivity index (χ2n) is 4.29. The standard InChI is InChI=1S/C14H18ClNO3/c15-10-13(17)16(11-14(18)19)9-5-4-8-12-6-2-1-3-7-12/h1-3,6-7H,4-5,8-11H2,(H,18,19). The molecule has 1 rings (SSSR count). The van der Waals surface area contributed by atoms with Gasteiger partial charge in [0.1, 0.15) is 12.4 Å². The maximum atomic E-state index is 11.4. The normalized spacial score (nSPS) is 10.2. The summed E-state index contributed by atoms with van der Waals surface area (Å²) in [5, 5.41) is 8.73. The number of unbranched alkanes of at least 4 members (excludes halogenated alkanes) is 1. The number of carbonyl (C=O) groups is 2. The van der Waals surface area contributed by atoms with Crippen molar-refractivity contribution in [2.24, 2.45) is 0 Å². The lowest BCUT2D eigenvalue weighted by Crippen LogP contribution is -2.37. The first-order valence-electron chi connectivity index (χ1n) is 6.23. The molecule has 1 amide bonds. The Balaban J connectivity index is 2.32. The van der Waals surface area contributed by atoms with Gasteiger partial charge in [-0.3, -0.25) is 9.59 Å². The minimum atomic E-state index is -1.01. The number of amides is 1. The number of nitrogens with zero attached hydrogens (tertiary/aromatic N) is 1. The van der Waals surface area contributed by atoms with Crippen LogP contribution in [0.1, 0.15) is 18.4 Å². The Labute approximate surface area is 118 Å². The fourth-order valence-electron chi connectivity index (χ4n) is 1.82. The molecule has 0 aliphatic carbocycles. The third-order valence-corrected chi connectivity index (χ3v) is 3.01. The zero-order valence-electron chi connectivity index (χ0n) is 10.7. The molecule has 0 radical (unpaired) electrons. The first kappa shape index (κ1) is 15.5. The topological polar surface area (TPSA) is 57.6 Å². The maximum Gasteiger partial charge on any atom is 0.323 e. The van der Waals surface area contributed by atoms with E-state index in [4.69, 9.17) is 16.7 Å². The van der Waals surface area contributed by atoms with Gasteiger partial charge in [0.25, 0.3) is 0 Å². The predicted octanol–water partition coefficient (Wildman–Crippen LogP) is 2.16. The van der Waals surface area contributed by atoms with E-state index in [1.807, 2.05) is 18.2 Å². The molecule has 4 nitrogen and oxygen atoms in total. The molecule has 1 N–H and O–H groups in total. The predicted molar refractivity (Wildman–Crippen MR) is 74.3 cm³/mol. The van der Waals surface area contributed by atoms with E-state index in [2.05, 4.69) is 12.1 Å². The monoisotopic (exact) mass is 283 g/mol. The van der Waals surface area contributed by atoms with Crippen LogP contribution in [0.15, 0.2) is 30.3 Å². The summed E-state index contributed by atoms with van der Waals surface area (Å²) in [6, 6.07) is 10.1. The van der Waals surface area contributed by atoms with E-state index in [0.717, 1.165) is 19.3 Å². The summed E-state index contributed by atoms with van der Waals surface area (Å²) < 4.78 is 0. The van der Waals surface area contributed by atoms with Crippen LogP contribution < -0.4 is 0 Å². The summed E-state index contributed by atoms with van der Waals surface area (Å²) in [6.45, 7) is 0.154. The van der Waals surface area contributed by atoms with Crippen LogP contribution in [0.5, 0.6) is 0 Å². The van der Waals surface area contributed by atoms with Crippen molar-refractivity contribution in [2.75, 3.05) is 19.0 Å². The van der Waals surface area contributed by atoms with Crippen LogP contribution in [0.2, 0.25) is 0 Å². The van der Waals surface area contributed by atoms with Crippen LogP contribution in [0, 0.1) is 0 Å². The Morgan fingerprint density at radius 1 is 1.16 bits per heavy atom. The summed E-state index contributed by atoms with van der Waals surface area (Å²) in [5.41, 5.74) is 1.25. The third-order valence-electron chi connectivity index (χ3n) is 2.78. The number of alkyl halides is 1. The lowest BCUT2D eigenvalue weighted by molar-refractivity contribution is -0.143. The van der Waals surface area contributed by atoms with Crippen LogP contribution in [0.25, 0.3) is 0 Å². The molecule has 0 spiro atoms. The molecule has 0 unspecified atom stereocenters. The molecule has 0 atom stereocenters. The van der Waals surface area contributed by atoms with E-state index < -0.39 is 5.97 Å². The summed E-state index contributed by atoms with van der Waals surface area (Å²) in [6.07, 6.45) is 2.61. The summed E-state index contributed by atoms with van der Waals surface area (Å²) in [5.74, 6) is -1.52. The lowest BCUT2D eigenvalue weighted by atomic mass is 10.1. The minimum absolute atomic E-state index is 0.175. The molecule has 0 aliphatic heterocycles. The van der Waals surface area contributed by atoms with Crippen molar-refractivity contribution in [3.05, 3.63) is 35.9 Å². The van der Waals surface area contributed by atoms with Crippen molar-refractivity contribution in [3.63, 3.8) is 0 Å². The molecule has 104 valence electrons. The highest BCUT2D eigenvalue weighted by atomic mass is 35.5. The number of rotatable bonds is 8. The molecule has 0 bridgehead atoms. The minimum Gasteiger partial charge on any atom is -0.480 e. The van der Waals surface area contributed by atoms with Gasteiger partial charge in [-0.05, 0) is 24.8 Å². The number of aryl methyl sites for hydroxylation is 1. The average Bonchev–Trinajstić information content (AvgIpc) is 2.42. The van der Waals surface area contributed by atoms with E-state index in [0.29, 0.717) is 6.54 Å². The van der Waals surface area contributed by atoms with Gasteiger partial charge in [0, 0.05) is 6.54 Å². The molecule has 0 aliphatic rings. The number of hydrogen-bond acceptors (Lipinski definition) is 2. The number of aliphatic carboxylic acids is 1. The van der Waals surface area contributed by atoms with Gasteiger partial charge in [-0.15, -0.1) is 11.6 Å². The van der Waals surface area contributed by atoms with Crippen LogP contribution in [0.3, 0.4) is 0 Å². The highest BCUT2D eigenvalue weighted by Gasteiger charge is 2.14. The Hall–Kier alpha value is -1.55. The summed E-state index contributed by atoms with van der Waals surface area (Å²) >= 11 is 5.45. The van der Waals surface area contributed by atoms with E-state index in [1.54, 1.807) is 0 Å². The largest absolute Gasteiger partial charge is 0.480 e. The average molecular weight is 284 g/mol. The number of carboxylic acids is 1. The van der Waals surface area contributed by atoms with Gasteiger partial charge in [-0.2, -0.15) is 0 Å². The molecular weight excluding hydrogens is 266 g/mol. The van der Waals surface area contributed by atoms with Gasteiger partial charge in [-0.25, -0.2) is 0 Å². The van der Waals surface area contributed by atoms with Crippen LogP contribution >= 0.6 is 11.6 Å². The van der Waals surface area contributed by atoms with Crippen molar-refractivity contribution in [1.82, 2.24) is 4.90 Å². The highest BCUT2D eigenvalue weighted by Crippen LogP contribution is 2.06. The zero-order chi connectivity index (χ0) is 14.1. The second-order valence-corrected chi connectivity index (χ2v) is 4.55. The van der Waals surface area contributed by atoms with Crippen molar-refractivity contribution < 1.29 is 14.7 Å². The van der Waals surface area contributed by atoms with E-state index in [-0.39, 0.29) is 18.3 Å². The third kappa shape index (κ3) is 6.25.